The van der Waals surface area contributed by atoms with Crippen molar-refractivity contribution in [1.82, 2.24) is 10.3 Å². The summed E-state index contributed by atoms with van der Waals surface area (Å²) >= 11 is 5.91. The van der Waals surface area contributed by atoms with Crippen LogP contribution in [0.5, 0.6) is 11.5 Å². The van der Waals surface area contributed by atoms with Crippen LogP contribution in [0.15, 0.2) is 41.4 Å². The Bertz CT molecular complexity index is 1480. The van der Waals surface area contributed by atoms with Crippen molar-refractivity contribution < 1.29 is 27.4 Å². The van der Waals surface area contributed by atoms with Crippen LogP contribution >= 0.6 is 11.6 Å². The second-order valence-corrected chi connectivity index (χ2v) is 10.5. The molecule has 2 aromatic carbocycles. The summed E-state index contributed by atoms with van der Waals surface area (Å²) in [6.45, 7) is -0.0835. The molecule has 0 bridgehead atoms. The van der Waals surface area contributed by atoms with Gasteiger partial charge in [-0.05, 0) is 49.1 Å². The Kier molecular flexibility index (Phi) is 7.89. The van der Waals surface area contributed by atoms with Crippen LogP contribution < -0.4 is 20.5 Å². The molecule has 40 heavy (non-hydrogen) atoms. The molecule has 210 valence electrons. The molecule has 1 amide bonds. The van der Waals surface area contributed by atoms with E-state index >= 15 is 0 Å². The summed E-state index contributed by atoms with van der Waals surface area (Å²) < 4.78 is 50.8. The zero-order chi connectivity index (χ0) is 28.6. The fraction of sp³-hybridized carbons (Fsp3) is 0.345. The van der Waals surface area contributed by atoms with Gasteiger partial charge in [0.05, 0.1) is 24.4 Å². The molecule has 1 aliphatic carbocycles. The first-order chi connectivity index (χ1) is 19.2. The summed E-state index contributed by atoms with van der Waals surface area (Å²) in [5.41, 5.74) is 9.29. The lowest BCUT2D eigenvalue weighted by atomic mass is 9.93. The predicted octanol–water partition coefficient (Wildman–Crippen LogP) is 6.19. The predicted molar refractivity (Wildman–Crippen MR) is 147 cm³/mol. The van der Waals surface area contributed by atoms with Gasteiger partial charge in [-0.15, -0.1) is 0 Å². The molecule has 2 aliphatic rings. The number of hydrogen-bond donors (Lipinski definition) is 2. The first kappa shape index (κ1) is 27.8. The number of nitrogens with two attached hydrogens (primary N) is 1. The van der Waals surface area contributed by atoms with E-state index in [1.807, 2.05) is 6.07 Å². The summed E-state index contributed by atoms with van der Waals surface area (Å²) in [6, 6.07) is 9.41. The lowest BCUT2D eigenvalue weighted by Gasteiger charge is -2.20. The van der Waals surface area contributed by atoms with Crippen molar-refractivity contribution in [3.63, 3.8) is 0 Å². The zero-order valence-corrected chi connectivity index (χ0v) is 22.6. The Morgan fingerprint density at radius 3 is 2.75 bits per heavy atom. The number of hydrogen-bond acceptors (Lipinski definition) is 6. The number of pyridine rings is 1. The number of fused-ring (bicyclic) bond motifs is 1. The third kappa shape index (κ3) is 5.72. The SMILES string of the molecule is COc1cc(C(=O)NCC(c2cc3c(c(-c4ccc(Cl)c(F)c4)n2)OCC3C)C2CC2)cc(/C=N/C(F)F)c1N. The van der Waals surface area contributed by atoms with Gasteiger partial charge in [0.25, 0.3) is 5.91 Å². The molecule has 3 N–H and O–H groups in total. The standard InChI is InChI=1S/C29H28ClF3N4O3/c1-14-13-40-27-19(14)10-23(37-26(27)16-5-6-21(30)22(31)8-16)20(15-3-4-15)12-35-28(38)17-7-18(11-36-29(32)33)25(34)24(9-17)39-2/h5-11,14-15,20,29H,3-4,12-13,34H2,1-2H3,(H,35,38)/b36-11+. The molecule has 5 rings (SSSR count). The molecule has 1 aromatic heterocycles. The van der Waals surface area contributed by atoms with E-state index in [1.54, 1.807) is 6.07 Å². The van der Waals surface area contributed by atoms with Crippen LogP contribution in [0.1, 0.15) is 58.8 Å². The van der Waals surface area contributed by atoms with E-state index in [-0.39, 0.29) is 46.0 Å². The molecular formula is C29H28ClF3N4O3. The molecule has 1 aliphatic heterocycles. The highest BCUT2D eigenvalue weighted by molar-refractivity contribution is 6.30. The van der Waals surface area contributed by atoms with Crippen LogP contribution in [-0.4, -0.2) is 43.9 Å². The van der Waals surface area contributed by atoms with Crippen molar-refractivity contribution in [2.45, 2.75) is 38.2 Å². The number of nitrogens with zero attached hydrogens (tertiary/aromatic N) is 2. The van der Waals surface area contributed by atoms with Crippen molar-refractivity contribution in [3.8, 4) is 22.8 Å². The lowest BCUT2D eigenvalue weighted by Crippen LogP contribution is -2.30. The van der Waals surface area contributed by atoms with Gasteiger partial charge in [0.1, 0.15) is 23.0 Å². The molecule has 2 unspecified atom stereocenters. The third-order valence-corrected chi connectivity index (χ3v) is 7.57. The van der Waals surface area contributed by atoms with Gasteiger partial charge in [-0.1, -0.05) is 24.6 Å². The summed E-state index contributed by atoms with van der Waals surface area (Å²) in [7, 11) is 1.37. The fourth-order valence-corrected chi connectivity index (χ4v) is 5.04. The van der Waals surface area contributed by atoms with Crippen molar-refractivity contribution in [3.05, 3.63) is 69.6 Å². The van der Waals surface area contributed by atoms with Gasteiger partial charge in [0.15, 0.2) is 0 Å². The number of ether oxygens (including phenoxy) is 2. The molecule has 1 saturated carbocycles. The number of methoxy groups -OCH3 is 1. The highest BCUT2D eigenvalue weighted by atomic mass is 35.5. The number of nitrogens with one attached hydrogen (secondary N) is 1. The Morgan fingerprint density at radius 2 is 2.08 bits per heavy atom. The van der Waals surface area contributed by atoms with Crippen LogP contribution in [0.25, 0.3) is 11.3 Å². The van der Waals surface area contributed by atoms with E-state index in [4.69, 9.17) is 31.8 Å². The van der Waals surface area contributed by atoms with Crippen LogP contribution in [0.3, 0.4) is 0 Å². The Morgan fingerprint density at radius 1 is 1.30 bits per heavy atom. The molecule has 0 saturated heterocycles. The molecule has 2 heterocycles. The quantitative estimate of drug-likeness (QED) is 0.181. The van der Waals surface area contributed by atoms with Gasteiger partial charge < -0.3 is 20.5 Å². The number of aromatic nitrogens is 1. The van der Waals surface area contributed by atoms with Gasteiger partial charge in [-0.2, -0.15) is 8.78 Å². The largest absolute Gasteiger partial charge is 0.495 e. The maximum Gasteiger partial charge on any atom is 0.331 e. The third-order valence-electron chi connectivity index (χ3n) is 7.26. The highest BCUT2D eigenvalue weighted by Gasteiger charge is 2.36. The van der Waals surface area contributed by atoms with E-state index < -0.39 is 18.3 Å². The molecule has 2 atom stereocenters. The Balaban J connectivity index is 1.44. The van der Waals surface area contributed by atoms with Gasteiger partial charge >= 0.3 is 6.55 Å². The van der Waals surface area contributed by atoms with Crippen LogP contribution in [0.2, 0.25) is 5.02 Å². The average molecular weight is 573 g/mol. The maximum atomic E-state index is 14.3. The number of carbonyl (C=O) groups excluding carboxylic acids is 1. The molecular weight excluding hydrogens is 545 g/mol. The monoisotopic (exact) mass is 572 g/mol. The minimum atomic E-state index is -2.91. The summed E-state index contributed by atoms with van der Waals surface area (Å²) in [6.07, 6.45) is 2.89. The van der Waals surface area contributed by atoms with E-state index in [0.717, 1.165) is 30.3 Å². The van der Waals surface area contributed by atoms with E-state index in [0.29, 0.717) is 29.5 Å². The van der Waals surface area contributed by atoms with E-state index in [1.165, 1.54) is 31.4 Å². The minimum Gasteiger partial charge on any atom is -0.495 e. The topological polar surface area (TPSA) is 98.8 Å². The Hall–Kier alpha value is -3.79. The lowest BCUT2D eigenvalue weighted by molar-refractivity contribution is 0.0949. The number of nitrogen functional groups attached to an aromatic ring is 1. The number of aliphatic imine (C=N–C) groups is 1. The molecule has 1 fully saturated rings. The molecule has 0 radical (unpaired) electrons. The normalized spacial score (nSPS) is 17.1. The molecule has 7 nitrogen and oxygen atoms in total. The number of amides is 1. The minimum absolute atomic E-state index is 0.0207. The average Bonchev–Trinajstić information content (AvgIpc) is 3.71. The first-order valence-electron chi connectivity index (χ1n) is 12.9. The molecule has 11 heteroatoms. The van der Waals surface area contributed by atoms with Gasteiger partial charge in [0, 0.05) is 52.5 Å². The maximum absolute atomic E-state index is 14.3. The second kappa shape index (κ2) is 11.4. The van der Waals surface area contributed by atoms with Crippen LogP contribution in [-0.2, 0) is 0 Å². The number of rotatable bonds is 9. The number of carbonyl (C=O) groups is 1. The van der Waals surface area contributed by atoms with Gasteiger partial charge in [-0.25, -0.2) is 14.4 Å². The fourth-order valence-electron chi connectivity index (χ4n) is 4.93. The number of anilines is 1. The van der Waals surface area contributed by atoms with Crippen LogP contribution in [0.4, 0.5) is 18.9 Å². The molecule has 0 spiro atoms. The molecule has 3 aromatic rings. The number of benzene rings is 2. The van der Waals surface area contributed by atoms with Crippen molar-refractivity contribution in [1.29, 1.82) is 0 Å². The number of halogens is 4. The second-order valence-electron chi connectivity index (χ2n) is 10.0. The summed E-state index contributed by atoms with van der Waals surface area (Å²) in [5, 5.41) is 2.98. The van der Waals surface area contributed by atoms with Gasteiger partial charge in [-0.3, -0.25) is 4.79 Å². The smallest absolute Gasteiger partial charge is 0.331 e. The van der Waals surface area contributed by atoms with E-state index in [9.17, 15) is 18.0 Å². The van der Waals surface area contributed by atoms with Crippen LogP contribution in [0, 0.1) is 11.7 Å². The van der Waals surface area contributed by atoms with Crippen molar-refractivity contribution >= 4 is 29.4 Å². The van der Waals surface area contributed by atoms with E-state index in [2.05, 4.69) is 17.2 Å². The van der Waals surface area contributed by atoms with Crippen molar-refractivity contribution in [2.75, 3.05) is 26.0 Å². The zero-order valence-electron chi connectivity index (χ0n) is 21.9. The summed E-state index contributed by atoms with van der Waals surface area (Å²) in [5.74, 6) is 0.168. The van der Waals surface area contributed by atoms with Crippen molar-refractivity contribution in [2.24, 2.45) is 10.9 Å². The first-order valence-corrected chi connectivity index (χ1v) is 13.2. The summed E-state index contributed by atoms with van der Waals surface area (Å²) in [4.78, 5) is 21.2. The highest BCUT2D eigenvalue weighted by Crippen LogP contribution is 2.46. The van der Waals surface area contributed by atoms with Gasteiger partial charge in [0.2, 0.25) is 0 Å². The Labute approximate surface area is 234 Å². The number of alkyl halides is 2.